The summed E-state index contributed by atoms with van der Waals surface area (Å²) in [5.41, 5.74) is 4.37. The minimum atomic E-state index is -0.157. The quantitative estimate of drug-likeness (QED) is 0.865. The first-order valence-corrected chi connectivity index (χ1v) is 9.93. The number of nitrogens with one attached hydrogen (secondary N) is 1. The van der Waals surface area contributed by atoms with Gasteiger partial charge in [0.1, 0.15) is 5.69 Å². The molecule has 1 aliphatic heterocycles. The predicted octanol–water partition coefficient (Wildman–Crippen LogP) is 3.47. The molecule has 6 nitrogen and oxygen atoms in total. The molecule has 1 aromatic heterocycles. The number of nitrogens with zero attached hydrogens (tertiary/aromatic N) is 3. The molecule has 1 aliphatic carbocycles. The lowest BCUT2D eigenvalue weighted by Gasteiger charge is -2.17. The predicted molar refractivity (Wildman–Crippen MR) is 110 cm³/mol. The van der Waals surface area contributed by atoms with E-state index in [1.54, 1.807) is 4.68 Å². The van der Waals surface area contributed by atoms with Crippen molar-refractivity contribution in [3.8, 4) is 0 Å². The molecule has 6 heteroatoms. The number of allylic oxidation sites excluding steroid dienone is 1. The van der Waals surface area contributed by atoms with Crippen LogP contribution in [0.1, 0.15) is 43.4 Å². The number of amides is 1. The molecular weight excluding hydrogens is 352 g/mol. The Bertz CT molecular complexity index is 937. The Hall–Kier alpha value is -2.89. The summed E-state index contributed by atoms with van der Waals surface area (Å²) in [5.74, 6) is 0.757. The average molecular weight is 378 g/mol. The number of aromatic nitrogens is 2. The van der Waals surface area contributed by atoms with E-state index in [1.807, 2.05) is 44.3 Å². The van der Waals surface area contributed by atoms with Crippen molar-refractivity contribution in [1.82, 2.24) is 9.78 Å². The van der Waals surface area contributed by atoms with E-state index in [2.05, 4.69) is 15.3 Å². The van der Waals surface area contributed by atoms with Gasteiger partial charge in [-0.05, 0) is 37.3 Å². The molecule has 1 aromatic carbocycles. The largest absolute Gasteiger partial charge is 0.353 e. The number of carbonyl (C=O) groups excluding carboxylic acids is 2. The zero-order valence-corrected chi connectivity index (χ0v) is 16.5. The van der Waals surface area contributed by atoms with Crippen molar-refractivity contribution in [1.29, 1.82) is 0 Å². The fraction of sp³-hybridized carbons (Fsp3) is 0.409. The van der Waals surface area contributed by atoms with Crippen LogP contribution in [0.25, 0.3) is 5.57 Å². The molecule has 0 spiro atoms. The molecule has 0 radical (unpaired) electrons. The van der Waals surface area contributed by atoms with E-state index >= 15 is 0 Å². The van der Waals surface area contributed by atoms with Crippen molar-refractivity contribution in [3.05, 3.63) is 47.2 Å². The third-order valence-electron chi connectivity index (χ3n) is 5.75. The molecule has 0 atom stereocenters. The van der Waals surface area contributed by atoms with Crippen LogP contribution in [0.3, 0.4) is 0 Å². The Balaban J connectivity index is 1.57. The van der Waals surface area contributed by atoms with Crippen molar-refractivity contribution in [2.45, 2.75) is 39.0 Å². The molecule has 2 aliphatic rings. The monoisotopic (exact) mass is 378 g/mol. The summed E-state index contributed by atoms with van der Waals surface area (Å²) in [6.07, 6.45) is 3.58. The van der Waals surface area contributed by atoms with Gasteiger partial charge in [0.2, 0.25) is 5.91 Å². The van der Waals surface area contributed by atoms with Crippen LogP contribution in [-0.2, 0) is 16.6 Å². The van der Waals surface area contributed by atoms with Crippen molar-refractivity contribution in [3.63, 3.8) is 0 Å². The van der Waals surface area contributed by atoms with Crippen molar-refractivity contribution in [2.24, 2.45) is 7.05 Å². The van der Waals surface area contributed by atoms with Crippen LogP contribution in [0.5, 0.6) is 0 Å². The lowest BCUT2D eigenvalue weighted by atomic mass is 10.00. The van der Waals surface area contributed by atoms with E-state index in [-0.39, 0.29) is 18.1 Å². The first-order valence-electron chi connectivity index (χ1n) is 9.93. The first-order chi connectivity index (χ1) is 13.5. The van der Waals surface area contributed by atoms with Gasteiger partial charge in [0.15, 0.2) is 11.6 Å². The van der Waals surface area contributed by atoms with Crippen LogP contribution in [0.4, 0.5) is 11.5 Å². The van der Waals surface area contributed by atoms with Crippen LogP contribution in [0.2, 0.25) is 0 Å². The highest BCUT2D eigenvalue weighted by atomic mass is 16.2. The zero-order valence-electron chi connectivity index (χ0n) is 16.5. The molecule has 146 valence electrons. The van der Waals surface area contributed by atoms with E-state index in [1.165, 1.54) is 0 Å². The van der Waals surface area contributed by atoms with Gasteiger partial charge in [0.05, 0.1) is 12.1 Å². The Kier molecular flexibility index (Phi) is 5.03. The summed E-state index contributed by atoms with van der Waals surface area (Å²) < 4.78 is 1.80. The van der Waals surface area contributed by atoms with Gasteiger partial charge in [-0.1, -0.05) is 30.3 Å². The van der Waals surface area contributed by atoms with Crippen LogP contribution in [0, 0.1) is 6.92 Å². The summed E-state index contributed by atoms with van der Waals surface area (Å²) in [4.78, 5) is 27.5. The Morgan fingerprint density at radius 2 is 1.86 bits per heavy atom. The van der Waals surface area contributed by atoms with Gasteiger partial charge in [-0.15, -0.1) is 0 Å². The molecule has 1 N–H and O–H groups in total. The Labute approximate surface area is 165 Å². The molecule has 1 amide bonds. The third-order valence-corrected chi connectivity index (χ3v) is 5.75. The number of carbonyl (C=O) groups is 2. The molecule has 0 unspecified atom stereocenters. The standard InChI is InChI=1S/C22H26N4O2/c1-15-21(22(24-25(15)2)26-12-6-7-13-26)23-20(28)14-18-17(10-11-19(18)27)16-8-4-3-5-9-16/h3-5,8-9H,6-7,10-14H2,1-2H3,(H,23,28). The van der Waals surface area contributed by atoms with Gasteiger partial charge in [0.25, 0.3) is 0 Å². The second kappa shape index (κ2) is 7.62. The molecule has 1 fully saturated rings. The molecule has 4 rings (SSSR count). The number of hydrogen-bond acceptors (Lipinski definition) is 4. The average Bonchev–Trinajstić information content (AvgIpc) is 3.40. The molecule has 28 heavy (non-hydrogen) atoms. The molecule has 0 saturated carbocycles. The Morgan fingerprint density at radius 3 is 2.57 bits per heavy atom. The number of ketones is 1. The highest BCUT2D eigenvalue weighted by molar-refractivity contribution is 6.12. The highest BCUT2D eigenvalue weighted by Crippen LogP contribution is 2.35. The number of rotatable bonds is 5. The second-order valence-corrected chi connectivity index (χ2v) is 7.57. The number of hydrogen-bond donors (Lipinski definition) is 1. The topological polar surface area (TPSA) is 67.2 Å². The third kappa shape index (κ3) is 3.46. The maximum absolute atomic E-state index is 12.9. The van der Waals surface area contributed by atoms with Crippen molar-refractivity contribution >= 4 is 28.8 Å². The van der Waals surface area contributed by atoms with Crippen LogP contribution < -0.4 is 10.2 Å². The fourth-order valence-electron chi connectivity index (χ4n) is 4.10. The minimum absolute atomic E-state index is 0.0803. The van der Waals surface area contributed by atoms with Crippen LogP contribution in [-0.4, -0.2) is 34.6 Å². The number of anilines is 2. The van der Waals surface area contributed by atoms with Crippen LogP contribution in [0.15, 0.2) is 35.9 Å². The van der Waals surface area contributed by atoms with Gasteiger partial charge < -0.3 is 10.2 Å². The van der Waals surface area contributed by atoms with Gasteiger partial charge in [-0.3, -0.25) is 14.3 Å². The van der Waals surface area contributed by atoms with E-state index in [4.69, 9.17) is 0 Å². The van der Waals surface area contributed by atoms with Crippen molar-refractivity contribution < 1.29 is 9.59 Å². The van der Waals surface area contributed by atoms with E-state index in [0.717, 1.165) is 54.3 Å². The van der Waals surface area contributed by atoms with E-state index in [9.17, 15) is 9.59 Å². The molecule has 2 heterocycles. The van der Waals surface area contributed by atoms with Gasteiger partial charge in [-0.25, -0.2) is 0 Å². The second-order valence-electron chi connectivity index (χ2n) is 7.57. The van der Waals surface area contributed by atoms with Gasteiger partial charge in [0, 0.05) is 32.1 Å². The molecule has 1 saturated heterocycles. The summed E-state index contributed by atoms with van der Waals surface area (Å²) in [6, 6.07) is 9.89. The smallest absolute Gasteiger partial charge is 0.229 e. The Morgan fingerprint density at radius 1 is 1.14 bits per heavy atom. The fourth-order valence-corrected chi connectivity index (χ4v) is 4.10. The molecule has 0 bridgehead atoms. The van der Waals surface area contributed by atoms with Crippen LogP contribution >= 0.6 is 0 Å². The summed E-state index contributed by atoms with van der Waals surface area (Å²) >= 11 is 0. The summed E-state index contributed by atoms with van der Waals surface area (Å²) in [6.45, 7) is 3.87. The van der Waals surface area contributed by atoms with E-state index in [0.29, 0.717) is 18.4 Å². The number of benzene rings is 1. The van der Waals surface area contributed by atoms with Gasteiger partial charge in [-0.2, -0.15) is 5.10 Å². The normalized spacial score (nSPS) is 16.9. The lowest BCUT2D eigenvalue weighted by Crippen LogP contribution is -2.21. The maximum atomic E-state index is 12.9. The molecular formula is C22H26N4O2. The highest BCUT2D eigenvalue weighted by Gasteiger charge is 2.27. The zero-order chi connectivity index (χ0) is 19.7. The number of aryl methyl sites for hydroxylation is 1. The SMILES string of the molecule is Cc1c(NC(=O)CC2=C(c3ccccc3)CCC2=O)c(N2CCCC2)nn1C. The minimum Gasteiger partial charge on any atom is -0.353 e. The number of Topliss-reactive ketones (excluding diaryl/α,β-unsaturated/α-hetero) is 1. The van der Waals surface area contributed by atoms with E-state index < -0.39 is 0 Å². The summed E-state index contributed by atoms with van der Waals surface area (Å²) in [5, 5.41) is 7.65. The van der Waals surface area contributed by atoms with Crippen molar-refractivity contribution in [2.75, 3.05) is 23.3 Å². The lowest BCUT2D eigenvalue weighted by molar-refractivity contribution is -0.119. The van der Waals surface area contributed by atoms with Gasteiger partial charge >= 0.3 is 0 Å². The maximum Gasteiger partial charge on any atom is 0.229 e. The molecule has 2 aromatic rings. The first kappa shape index (κ1) is 18.5. The summed E-state index contributed by atoms with van der Waals surface area (Å²) in [7, 11) is 1.89.